The summed E-state index contributed by atoms with van der Waals surface area (Å²) in [6.45, 7) is 0.126. The molecule has 3 nitrogen and oxygen atoms in total. The Hall–Kier alpha value is -1.36. The maximum atomic E-state index is 9.26. The number of nitrogens with one attached hydrogen (secondary N) is 1. The van der Waals surface area contributed by atoms with E-state index in [-0.39, 0.29) is 6.61 Å². The van der Waals surface area contributed by atoms with Crippen LogP contribution in [-0.4, -0.2) is 29.5 Å². The third kappa shape index (κ3) is 3.30. The molecule has 0 saturated carbocycles. The summed E-state index contributed by atoms with van der Waals surface area (Å²) in [5, 5.41) is 25.2. The zero-order valence-electron chi connectivity index (χ0n) is 9.34. The van der Waals surface area contributed by atoms with Crippen LogP contribution in [0.4, 0.5) is 5.69 Å². The highest BCUT2D eigenvalue weighted by atomic mass is 32.1. The lowest BCUT2D eigenvalue weighted by Gasteiger charge is -2.11. The number of aliphatic hydroxyl groups excluding tert-OH is 2. The first-order chi connectivity index (χ1) is 8.29. The molecule has 0 fully saturated rings. The maximum Gasteiger partial charge on any atom is 0.0942 e. The van der Waals surface area contributed by atoms with Gasteiger partial charge in [0.1, 0.15) is 0 Å². The van der Waals surface area contributed by atoms with Crippen molar-refractivity contribution in [1.29, 1.82) is 0 Å². The van der Waals surface area contributed by atoms with Crippen LogP contribution in [0.2, 0.25) is 0 Å². The molecule has 0 saturated heterocycles. The van der Waals surface area contributed by atoms with Gasteiger partial charge in [-0.25, -0.2) is 0 Å². The monoisotopic (exact) mass is 249 g/mol. The van der Waals surface area contributed by atoms with Crippen molar-refractivity contribution in [3.8, 4) is 11.1 Å². The molecule has 0 aliphatic rings. The van der Waals surface area contributed by atoms with Gasteiger partial charge in [0.05, 0.1) is 12.7 Å². The van der Waals surface area contributed by atoms with Crippen LogP contribution in [0.5, 0.6) is 0 Å². The summed E-state index contributed by atoms with van der Waals surface area (Å²) in [6.07, 6.45) is -0.722. The molecule has 1 aromatic carbocycles. The summed E-state index contributed by atoms with van der Waals surface area (Å²) < 4.78 is 0. The molecule has 90 valence electrons. The van der Waals surface area contributed by atoms with E-state index in [4.69, 9.17) is 5.11 Å². The molecule has 1 aromatic heterocycles. The first kappa shape index (κ1) is 12.1. The van der Waals surface area contributed by atoms with E-state index >= 15 is 0 Å². The van der Waals surface area contributed by atoms with Crippen molar-refractivity contribution in [3.63, 3.8) is 0 Å². The Morgan fingerprint density at radius 2 is 2.12 bits per heavy atom. The standard InChI is InChI=1S/C13H15NO2S/c15-8-13(16)7-14-12-3-1-2-10(6-12)11-4-5-17-9-11/h1-6,9,13-16H,7-8H2. The Labute approximate surface area is 104 Å². The summed E-state index contributed by atoms with van der Waals surface area (Å²) in [5.74, 6) is 0. The fourth-order valence-corrected chi connectivity index (χ4v) is 2.20. The van der Waals surface area contributed by atoms with Crippen molar-refractivity contribution in [3.05, 3.63) is 41.1 Å². The van der Waals surface area contributed by atoms with Crippen LogP contribution < -0.4 is 5.32 Å². The minimum Gasteiger partial charge on any atom is -0.394 e. The number of anilines is 1. The molecular formula is C13H15NO2S. The second-order valence-corrected chi connectivity index (χ2v) is 4.59. The molecule has 1 atom stereocenters. The van der Waals surface area contributed by atoms with Crippen LogP contribution in [0.25, 0.3) is 11.1 Å². The van der Waals surface area contributed by atoms with Gasteiger partial charge in [0.2, 0.25) is 0 Å². The number of hydrogen-bond donors (Lipinski definition) is 3. The second kappa shape index (κ2) is 5.82. The van der Waals surface area contributed by atoms with Crippen LogP contribution in [0.15, 0.2) is 41.1 Å². The zero-order valence-corrected chi connectivity index (χ0v) is 10.2. The molecule has 3 N–H and O–H groups in total. The Bertz CT molecular complexity index is 456. The molecule has 0 radical (unpaired) electrons. The summed E-state index contributed by atoms with van der Waals surface area (Å²) in [6, 6.07) is 10.1. The van der Waals surface area contributed by atoms with E-state index in [1.807, 2.05) is 23.6 Å². The lowest BCUT2D eigenvalue weighted by Crippen LogP contribution is -2.22. The first-order valence-corrected chi connectivity index (χ1v) is 6.39. The number of aliphatic hydroxyl groups is 2. The van der Waals surface area contributed by atoms with Crippen LogP contribution in [0.3, 0.4) is 0 Å². The smallest absolute Gasteiger partial charge is 0.0942 e. The number of rotatable bonds is 5. The molecule has 2 aromatic rings. The van der Waals surface area contributed by atoms with Gasteiger partial charge in [0, 0.05) is 12.2 Å². The summed E-state index contributed by atoms with van der Waals surface area (Å²) in [5.41, 5.74) is 3.29. The summed E-state index contributed by atoms with van der Waals surface area (Å²) in [4.78, 5) is 0. The van der Waals surface area contributed by atoms with Gasteiger partial charge >= 0.3 is 0 Å². The topological polar surface area (TPSA) is 52.5 Å². The highest BCUT2D eigenvalue weighted by Gasteiger charge is 2.02. The number of hydrogen-bond acceptors (Lipinski definition) is 4. The van der Waals surface area contributed by atoms with Crippen molar-refractivity contribution in [2.24, 2.45) is 0 Å². The van der Waals surface area contributed by atoms with E-state index in [1.165, 1.54) is 5.56 Å². The Balaban J connectivity index is 2.07. The Morgan fingerprint density at radius 3 is 2.82 bits per heavy atom. The fourth-order valence-electron chi connectivity index (χ4n) is 1.54. The molecule has 4 heteroatoms. The zero-order chi connectivity index (χ0) is 12.1. The molecule has 0 aliphatic carbocycles. The van der Waals surface area contributed by atoms with Gasteiger partial charge in [0.15, 0.2) is 0 Å². The van der Waals surface area contributed by atoms with Gasteiger partial charge in [-0.3, -0.25) is 0 Å². The third-order valence-corrected chi connectivity index (χ3v) is 3.15. The van der Waals surface area contributed by atoms with Gasteiger partial charge in [-0.05, 0) is 40.1 Å². The fraction of sp³-hybridized carbons (Fsp3) is 0.231. The first-order valence-electron chi connectivity index (χ1n) is 5.45. The molecule has 0 bridgehead atoms. The highest BCUT2D eigenvalue weighted by Crippen LogP contribution is 2.24. The van der Waals surface area contributed by atoms with Gasteiger partial charge in [-0.2, -0.15) is 11.3 Å². The average molecular weight is 249 g/mol. The van der Waals surface area contributed by atoms with Crippen molar-refractivity contribution < 1.29 is 10.2 Å². The van der Waals surface area contributed by atoms with E-state index < -0.39 is 6.10 Å². The molecule has 0 spiro atoms. The summed E-state index contributed by atoms with van der Waals surface area (Å²) in [7, 11) is 0. The van der Waals surface area contributed by atoms with Crippen LogP contribution in [-0.2, 0) is 0 Å². The summed E-state index contributed by atoms with van der Waals surface area (Å²) >= 11 is 1.67. The van der Waals surface area contributed by atoms with Gasteiger partial charge < -0.3 is 15.5 Å². The molecule has 17 heavy (non-hydrogen) atoms. The van der Waals surface area contributed by atoms with E-state index in [0.717, 1.165) is 11.3 Å². The lowest BCUT2D eigenvalue weighted by molar-refractivity contribution is 0.105. The van der Waals surface area contributed by atoms with E-state index in [0.29, 0.717) is 6.54 Å². The van der Waals surface area contributed by atoms with Gasteiger partial charge in [0.25, 0.3) is 0 Å². The predicted octanol–water partition coefficient (Wildman–Crippen LogP) is 2.18. The van der Waals surface area contributed by atoms with Crippen molar-refractivity contribution in [1.82, 2.24) is 0 Å². The minimum atomic E-state index is -0.722. The van der Waals surface area contributed by atoms with E-state index in [2.05, 4.69) is 22.8 Å². The minimum absolute atomic E-state index is 0.225. The molecule has 1 heterocycles. The van der Waals surface area contributed by atoms with Crippen LogP contribution in [0, 0.1) is 0 Å². The van der Waals surface area contributed by atoms with Crippen LogP contribution >= 0.6 is 11.3 Å². The molecule has 0 aliphatic heterocycles. The van der Waals surface area contributed by atoms with E-state index in [9.17, 15) is 5.11 Å². The maximum absolute atomic E-state index is 9.26. The molecule has 1 unspecified atom stereocenters. The average Bonchev–Trinajstić information content (AvgIpc) is 2.90. The van der Waals surface area contributed by atoms with Gasteiger partial charge in [-0.15, -0.1) is 0 Å². The molecule has 2 rings (SSSR count). The van der Waals surface area contributed by atoms with Crippen molar-refractivity contribution in [2.45, 2.75) is 6.10 Å². The van der Waals surface area contributed by atoms with Gasteiger partial charge in [-0.1, -0.05) is 12.1 Å². The normalized spacial score (nSPS) is 12.4. The largest absolute Gasteiger partial charge is 0.394 e. The van der Waals surface area contributed by atoms with Crippen molar-refractivity contribution >= 4 is 17.0 Å². The highest BCUT2D eigenvalue weighted by molar-refractivity contribution is 7.08. The second-order valence-electron chi connectivity index (χ2n) is 3.81. The van der Waals surface area contributed by atoms with Crippen molar-refractivity contribution in [2.75, 3.05) is 18.5 Å². The van der Waals surface area contributed by atoms with E-state index in [1.54, 1.807) is 11.3 Å². The predicted molar refractivity (Wildman–Crippen MR) is 71.3 cm³/mol. The number of thiophene rings is 1. The number of benzene rings is 1. The SMILES string of the molecule is OCC(O)CNc1cccc(-c2ccsc2)c1. The Morgan fingerprint density at radius 1 is 1.24 bits per heavy atom. The quantitative estimate of drug-likeness (QED) is 0.761. The molecular weight excluding hydrogens is 234 g/mol. The molecule has 0 amide bonds. The lowest BCUT2D eigenvalue weighted by atomic mass is 10.1. The Kier molecular flexibility index (Phi) is 4.14. The third-order valence-electron chi connectivity index (χ3n) is 2.47. The van der Waals surface area contributed by atoms with Crippen LogP contribution in [0.1, 0.15) is 0 Å².